The van der Waals surface area contributed by atoms with Crippen LogP contribution in [0.3, 0.4) is 0 Å². The van der Waals surface area contributed by atoms with E-state index < -0.39 is 36.1 Å². The molecular formula is C21H18ClF3N4O3. The first-order valence-corrected chi connectivity index (χ1v) is 9.99. The molecule has 0 saturated carbocycles. The highest BCUT2D eigenvalue weighted by atomic mass is 35.5. The minimum Gasteiger partial charge on any atom is -0.455 e. The van der Waals surface area contributed by atoms with E-state index in [-0.39, 0.29) is 11.3 Å². The average Bonchev–Trinajstić information content (AvgIpc) is 2.77. The molecule has 1 aromatic heterocycles. The lowest BCUT2D eigenvalue weighted by Crippen LogP contribution is -2.38. The number of nitriles is 1. The first-order chi connectivity index (χ1) is 15.2. The van der Waals surface area contributed by atoms with Gasteiger partial charge in [0.2, 0.25) is 0 Å². The molecule has 32 heavy (non-hydrogen) atoms. The third-order valence-corrected chi connectivity index (χ3v) is 5.18. The van der Waals surface area contributed by atoms with Gasteiger partial charge in [0.05, 0.1) is 22.7 Å². The van der Waals surface area contributed by atoms with Gasteiger partial charge in [0, 0.05) is 24.3 Å². The summed E-state index contributed by atoms with van der Waals surface area (Å²) in [6.07, 6.45) is -2.84. The molecule has 0 atom stereocenters. The zero-order valence-electron chi connectivity index (χ0n) is 16.7. The Hall–Kier alpha value is -3.32. The molecule has 1 aliphatic rings. The Balaban J connectivity index is 1.47. The van der Waals surface area contributed by atoms with Gasteiger partial charge in [0.25, 0.3) is 5.91 Å². The molecule has 0 spiro atoms. The minimum atomic E-state index is -4.45. The molecule has 168 valence electrons. The molecule has 1 N–H and O–H groups in total. The number of carbonyl (C=O) groups is 2. The van der Waals surface area contributed by atoms with Gasteiger partial charge in [-0.1, -0.05) is 11.6 Å². The fourth-order valence-corrected chi connectivity index (χ4v) is 3.42. The van der Waals surface area contributed by atoms with Gasteiger partial charge in [-0.3, -0.25) is 9.59 Å². The highest BCUT2D eigenvalue weighted by molar-refractivity contribution is 6.31. The zero-order chi connectivity index (χ0) is 23.3. The normalized spacial score (nSPS) is 14.5. The van der Waals surface area contributed by atoms with Gasteiger partial charge in [-0.05, 0) is 43.2 Å². The van der Waals surface area contributed by atoms with Crippen LogP contribution in [-0.2, 0) is 20.5 Å². The monoisotopic (exact) mass is 466 g/mol. The summed E-state index contributed by atoms with van der Waals surface area (Å²) in [5.41, 5.74) is -0.380. The lowest BCUT2D eigenvalue weighted by Gasteiger charge is -2.31. The summed E-state index contributed by atoms with van der Waals surface area (Å²) in [4.78, 5) is 30.0. The molecule has 1 aromatic carbocycles. The number of anilines is 2. The molecule has 1 fully saturated rings. The summed E-state index contributed by atoms with van der Waals surface area (Å²) in [5.74, 6) is -1.18. The maximum absolute atomic E-state index is 12.7. The van der Waals surface area contributed by atoms with Crippen LogP contribution in [0.15, 0.2) is 36.5 Å². The number of carbonyl (C=O) groups excluding carboxylic acids is 2. The van der Waals surface area contributed by atoms with Crippen LogP contribution >= 0.6 is 11.6 Å². The van der Waals surface area contributed by atoms with Crippen molar-refractivity contribution in [1.29, 1.82) is 5.26 Å². The number of esters is 1. The third-order valence-electron chi connectivity index (χ3n) is 4.95. The van der Waals surface area contributed by atoms with Crippen LogP contribution in [0.5, 0.6) is 0 Å². The van der Waals surface area contributed by atoms with Gasteiger partial charge >= 0.3 is 12.1 Å². The van der Waals surface area contributed by atoms with E-state index in [1.807, 2.05) is 6.07 Å². The van der Waals surface area contributed by atoms with Crippen LogP contribution in [-0.4, -0.2) is 36.6 Å². The van der Waals surface area contributed by atoms with Crippen LogP contribution in [0.2, 0.25) is 5.02 Å². The van der Waals surface area contributed by atoms with E-state index in [0.29, 0.717) is 36.8 Å². The van der Waals surface area contributed by atoms with Crippen molar-refractivity contribution < 1.29 is 27.5 Å². The molecule has 3 rings (SSSR count). The molecule has 1 saturated heterocycles. The fraction of sp³-hybridized carbons (Fsp3) is 0.333. The number of hydrogen-bond donors (Lipinski definition) is 1. The number of pyridine rings is 1. The van der Waals surface area contributed by atoms with Crippen LogP contribution in [0.4, 0.5) is 24.7 Å². The van der Waals surface area contributed by atoms with E-state index in [0.717, 1.165) is 12.3 Å². The maximum atomic E-state index is 12.7. The quantitative estimate of drug-likeness (QED) is 0.669. The second-order valence-electron chi connectivity index (χ2n) is 7.12. The van der Waals surface area contributed by atoms with Crippen LogP contribution in [0.25, 0.3) is 0 Å². The van der Waals surface area contributed by atoms with Crippen molar-refractivity contribution in [1.82, 2.24) is 4.98 Å². The largest absolute Gasteiger partial charge is 0.455 e. The number of hydrogen-bond acceptors (Lipinski definition) is 6. The van der Waals surface area contributed by atoms with E-state index in [1.54, 1.807) is 4.90 Å². The average molecular weight is 467 g/mol. The third kappa shape index (κ3) is 5.88. The van der Waals surface area contributed by atoms with E-state index in [1.165, 1.54) is 24.3 Å². The molecule has 2 aromatic rings. The van der Waals surface area contributed by atoms with Gasteiger partial charge in [0.15, 0.2) is 6.61 Å². The van der Waals surface area contributed by atoms with E-state index >= 15 is 0 Å². The molecule has 0 bridgehead atoms. The first kappa shape index (κ1) is 23.3. The summed E-state index contributed by atoms with van der Waals surface area (Å²) < 4.78 is 43.1. The van der Waals surface area contributed by atoms with Crippen molar-refractivity contribution in [3.63, 3.8) is 0 Å². The Morgan fingerprint density at radius 2 is 1.97 bits per heavy atom. The number of halogens is 4. The number of alkyl halides is 3. The van der Waals surface area contributed by atoms with Gasteiger partial charge in [-0.25, -0.2) is 4.98 Å². The molecule has 1 aliphatic heterocycles. The Kier molecular flexibility index (Phi) is 7.20. The van der Waals surface area contributed by atoms with E-state index in [9.17, 15) is 22.8 Å². The van der Waals surface area contributed by atoms with Gasteiger partial charge in [-0.15, -0.1) is 0 Å². The molecular weight excluding hydrogens is 449 g/mol. The number of aromatic nitrogens is 1. The maximum Gasteiger partial charge on any atom is 0.417 e. The van der Waals surface area contributed by atoms with Crippen molar-refractivity contribution >= 4 is 35.0 Å². The number of ether oxygens (including phenoxy) is 1. The molecule has 2 heterocycles. The van der Waals surface area contributed by atoms with Crippen molar-refractivity contribution in [3.8, 4) is 6.07 Å². The smallest absolute Gasteiger partial charge is 0.417 e. The second-order valence-corrected chi connectivity index (χ2v) is 7.56. The van der Waals surface area contributed by atoms with Crippen molar-refractivity contribution in [2.24, 2.45) is 5.92 Å². The predicted molar refractivity (Wildman–Crippen MR) is 110 cm³/mol. The Bertz CT molecular complexity index is 1030. The lowest BCUT2D eigenvalue weighted by molar-refractivity contribution is -0.152. The number of amides is 1. The molecule has 7 nitrogen and oxygen atoms in total. The Labute approximate surface area is 186 Å². The van der Waals surface area contributed by atoms with Gasteiger partial charge in [0.1, 0.15) is 11.9 Å². The zero-order valence-corrected chi connectivity index (χ0v) is 17.4. The van der Waals surface area contributed by atoms with Crippen LogP contribution < -0.4 is 10.2 Å². The standard InChI is InChI=1S/C21H18ClF3N4O3/c22-16-3-1-14(10-26)17(9-16)28-19(30)12-32-20(31)13-5-7-29(8-6-13)18-4-2-15(11-27-18)21(23,24)25/h1-4,9,11,13H,5-8,12H2,(H,28,30). The molecule has 11 heteroatoms. The van der Waals surface area contributed by atoms with Crippen molar-refractivity contribution in [2.45, 2.75) is 19.0 Å². The lowest BCUT2D eigenvalue weighted by atomic mass is 9.97. The topological polar surface area (TPSA) is 95.3 Å². The Morgan fingerprint density at radius 1 is 1.25 bits per heavy atom. The van der Waals surface area contributed by atoms with E-state index in [4.69, 9.17) is 21.6 Å². The summed E-state index contributed by atoms with van der Waals surface area (Å²) in [5, 5.41) is 11.9. The summed E-state index contributed by atoms with van der Waals surface area (Å²) in [6.45, 7) is 0.313. The van der Waals surface area contributed by atoms with Crippen molar-refractivity contribution in [2.75, 3.05) is 29.9 Å². The summed E-state index contributed by atoms with van der Waals surface area (Å²) in [7, 11) is 0. The minimum absolute atomic E-state index is 0.221. The molecule has 0 radical (unpaired) electrons. The van der Waals surface area contributed by atoms with Crippen LogP contribution in [0.1, 0.15) is 24.0 Å². The first-order valence-electron chi connectivity index (χ1n) is 9.61. The van der Waals surface area contributed by atoms with Gasteiger partial charge < -0.3 is 15.0 Å². The fourth-order valence-electron chi connectivity index (χ4n) is 3.24. The highest BCUT2D eigenvalue weighted by Gasteiger charge is 2.31. The van der Waals surface area contributed by atoms with E-state index in [2.05, 4.69) is 10.3 Å². The second kappa shape index (κ2) is 9.87. The number of piperidine rings is 1. The summed E-state index contributed by atoms with van der Waals surface area (Å²) >= 11 is 5.87. The van der Waals surface area contributed by atoms with Crippen LogP contribution in [0, 0.1) is 17.2 Å². The SMILES string of the molecule is N#Cc1ccc(Cl)cc1NC(=O)COC(=O)C1CCN(c2ccc(C(F)(F)F)cn2)CC1. The molecule has 1 amide bonds. The highest BCUT2D eigenvalue weighted by Crippen LogP contribution is 2.30. The molecule has 0 unspecified atom stereocenters. The summed E-state index contributed by atoms with van der Waals surface area (Å²) in [6, 6.07) is 8.60. The number of rotatable bonds is 5. The number of benzene rings is 1. The number of nitrogens with one attached hydrogen (secondary N) is 1. The van der Waals surface area contributed by atoms with Gasteiger partial charge in [-0.2, -0.15) is 18.4 Å². The predicted octanol–water partition coefficient (Wildman–Crippen LogP) is 4.02. The Morgan fingerprint density at radius 3 is 2.56 bits per heavy atom. The van der Waals surface area contributed by atoms with Crippen molar-refractivity contribution in [3.05, 3.63) is 52.7 Å². The molecule has 0 aliphatic carbocycles. The number of nitrogens with zero attached hydrogens (tertiary/aromatic N) is 3.